The fourth-order valence-electron chi connectivity index (χ4n) is 1.70. The van der Waals surface area contributed by atoms with E-state index in [-0.39, 0.29) is 31.4 Å². The van der Waals surface area contributed by atoms with Gasteiger partial charge in [0.2, 0.25) is 11.8 Å². The molecule has 2 heterocycles. The van der Waals surface area contributed by atoms with E-state index in [9.17, 15) is 18.0 Å². The molecule has 0 fully saturated rings. The van der Waals surface area contributed by atoms with Gasteiger partial charge in [-0.25, -0.2) is 9.97 Å². The molecular weight excluding hydrogens is 331 g/mol. The lowest BCUT2D eigenvalue weighted by atomic mass is 10.3. The Labute approximate surface area is 134 Å². The standard InChI is InChI=1S/C14H14F3N3O2S/c1-9-20-11(8-23-9)6-12(21)18-4-5-22-13-3-2-10(7-19-13)14(15,16)17/h2-3,7-8H,4-6H2,1H3,(H,18,21). The largest absolute Gasteiger partial charge is 0.476 e. The highest BCUT2D eigenvalue weighted by atomic mass is 32.1. The van der Waals surface area contributed by atoms with Crippen LogP contribution in [-0.2, 0) is 17.4 Å². The molecule has 2 rings (SSSR count). The maximum absolute atomic E-state index is 12.4. The summed E-state index contributed by atoms with van der Waals surface area (Å²) in [6, 6.07) is 2.04. The zero-order valence-electron chi connectivity index (χ0n) is 12.2. The number of pyridine rings is 1. The zero-order valence-corrected chi connectivity index (χ0v) is 13.0. The fraction of sp³-hybridized carbons (Fsp3) is 0.357. The number of carbonyl (C=O) groups excluding carboxylic acids is 1. The third kappa shape index (κ3) is 5.51. The third-order valence-corrected chi connectivity index (χ3v) is 3.57. The van der Waals surface area contributed by atoms with Crippen LogP contribution in [0.1, 0.15) is 16.3 Å². The number of hydrogen-bond donors (Lipinski definition) is 1. The van der Waals surface area contributed by atoms with Crippen molar-refractivity contribution in [2.24, 2.45) is 0 Å². The summed E-state index contributed by atoms with van der Waals surface area (Å²) in [5, 5.41) is 5.35. The number of carbonyl (C=O) groups is 1. The number of halogens is 3. The maximum Gasteiger partial charge on any atom is 0.417 e. The van der Waals surface area contributed by atoms with Crippen LogP contribution in [0.3, 0.4) is 0 Å². The fourth-order valence-corrected chi connectivity index (χ4v) is 2.31. The van der Waals surface area contributed by atoms with E-state index in [4.69, 9.17) is 4.74 Å². The van der Waals surface area contributed by atoms with Crippen molar-refractivity contribution in [3.63, 3.8) is 0 Å². The molecule has 1 N–H and O–H groups in total. The first-order chi connectivity index (χ1) is 10.8. The molecule has 0 aliphatic heterocycles. The van der Waals surface area contributed by atoms with Gasteiger partial charge in [0.05, 0.1) is 29.2 Å². The van der Waals surface area contributed by atoms with Crippen molar-refractivity contribution < 1.29 is 22.7 Å². The summed E-state index contributed by atoms with van der Waals surface area (Å²) in [7, 11) is 0. The molecule has 9 heteroatoms. The second-order valence-corrected chi connectivity index (χ2v) is 5.68. The average molecular weight is 345 g/mol. The summed E-state index contributed by atoms with van der Waals surface area (Å²) in [5.41, 5.74) is -0.132. The van der Waals surface area contributed by atoms with Gasteiger partial charge in [0, 0.05) is 17.6 Å². The van der Waals surface area contributed by atoms with E-state index in [0.29, 0.717) is 11.9 Å². The number of ether oxygens (including phenoxy) is 1. The van der Waals surface area contributed by atoms with Gasteiger partial charge in [-0.05, 0) is 13.0 Å². The molecule has 0 aliphatic rings. The SMILES string of the molecule is Cc1nc(CC(=O)NCCOc2ccc(C(F)(F)F)cn2)cs1. The lowest BCUT2D eigenvalue weighted by Gasteiger charge is -2.08. The first-order valence-corrected chi connectivity index (χ1v) is 7.56. The Hall–Kier alpha value is -2.16. The third-order valence-electron chi connectivity index (χ3n) is 2.75. The molecular formula is C14H14F3N3O2S. The van der Waals surface area contributed by atoms with Crippen LogP contribution in [0.15, 0.2) is 23.7 Å². The molecule has 0 bridgehead atoms. The number of rotatable bonds is 6. The van der Waals surface area contributed by atoms with E-state index in [0.717, 1.165) is 17.1 Å². The van der Waals surface area contributed by atoms with Crippen molar-refractivity contribution in [3.8, 4) is 5.88 Å². The molecule has 1 amide bonds. The van der Waals surface area contributed by atoms with Gasteiger partial charge in [-0.1, -0.05) is 0 Å². The molecule has 124 valence electrons. The van der Waals surface area contributed by atoms with E-state index in [1.54, 1.807) is 0 Å². The molecule has 0 saturated carbocycles. The summed E-state index contributed by atoms with van der Waals surface area (Å²) >= 11 is 1.47. The Balaban J connectivity index is 1.70. The predicted octanol–water partition coefficient (Wildman–Crippen LogP) is 2.60. The van der Waals surface area contributed by atoms with E-state index >= 15 is 0 Å². The Morgan fingerprint density at radius 2 is 2.17 bits per heavy atom. The minimum atomic E-state index is -4.42. The molecule has 2 aromatic heterocycles. The monoisotopic (exact) mass is 345 g/mol. The summed E-state index contributed by atoms with van der Waals surface area (Å²) in [6.45, 7) is 2.20. The summed E-state index contributed by atoms with van der Waals surface area (Å²) < 4.78 is 42.3. The Morgan fingerprint density at radius 3 is 2.74 bits per heavy atom. The highest BCUT2D eigenvalue weighted by Gasteiger charge is 2.30. The number of hydrogen-bond acceptors (Lipinski definition) is 5. The van der Waals surface area contributed by atoms with Crippen molar-refractivity contribution in [2.45, 2.75) is 19.5 Å². The number of aryl methyl sites for hydroxylation is 1. The highest BCUT2D eigenvalue weighted by molar-refractivity contribution is 7.09. The maximum atomic E-state index is 12.4. The summed E-state index contributed by atoms with van der Waals surface area (Å²) in [4.78, 5) is 19.4. The van der Waals surface area contributed by atoms with Gasteiger partial charge in [-0.2, -0.15) is 13.2 Å². The number of aromatic nitrogens is 2. The summed E-state index contributed by atoms with van der Waals surface area (Å²) in [6.07, 6.45) is -3.53. The van der Waals surface area contributed by atoms with Gasteiger partial charge in [0.25, 0.3) is 0 Å². The van der Waals surface area contributed by atoms with Crippen LogP contribution >= 0.6 is 11.3 Å². The number of amides is 1. The molecule has 0 atom stereocenters. The second kappa shape index (κ2) is 7.40. The van der Waals surface area contributed by atoms with E-state index < -0.39 is 11.7 Å². The van der Waals surface area contributed by atoms with Crippen molar-refractivity contribution >= 4 is 17.2 Å². The molecule has 0 saturated heterocycles. The normalized spacial score (nSPS) is 11.3. The molecule has 0 unspecified atom stereocenters. The van der Waals surface area contributed by atoms with Gasteiger partial charge in [0.15, 0.2) is 0 Å². The molecule has 5 nitrogen and oxygen atoms in total. The molecule has 0 aliphatic carbocycles. The van der Waals surface area contributed by atoms with Gasteiger partial charge in [-0.3, -0.25) is 4.79 Å². The average Bonchev–Trinajstić information content (AvgIpc) is 2.88. The van der Waals surface area contributed by atoms with Gasteiger partial charge < -0.3 is 10.1 Å². The summed E-state index contributed by atoms with van der Waals surface area (Å²) in [5.74, 6) is -0.123. The smallest absolute Gasteiger partial charge is 0.417 e. The second-order valence-electron chi connectivity index (χ2n) is 4.62. The van der Waals surface area contributed by atoms with Gasteiger partial charge in [-0.15, -0.1) is 11.3 Å². The van der Waals surface area contributed by atoms with E-state index in [1.807, 2.05) is 12.3 Å². The Kier molecular flexibility index (Phi) is 5.54. The minimum absolute atomic E-state index is 0.0716. The van der Waals surface area contributed by atoms with Gasteiger partial charge in [0.1, 0.15) is 6.61 Å². The van der Waals surface area contributed by atoms with Crippen LogP contribution in [0.5, 0.6) is 5.88 Å². The lowest BCUT2D eigenvalue weighted by molar-refractivity contribution is -0.137. The number of nitrogens with zero attached hydrogens (tertiary/aromatic N) is 2. The number of nitrogens with one attached hydrogen (secondary N) is 1. The minimum Gasteiger partial charge on any atom is -0.476 e. The molecule has 0 aromatic carbocycles. The first kappa shape index (κ1) is 17.2. The van der Waals surface area contributed by atoms with Crippen LogP contribution in [0.2, 0.25) is 0 Å². The topological polar surface area (TPSA) is 64.1 Å². The van der Waals surface area contributed by atoms with Crippen LogP contribution in [0.4, 0.5) is 13.2 Å². The molecule has 0 spiro atoms. The van der Waals surface area contributed by atoms with Gasteiger partial charge >= 0.3 is 6.18 Å². The zero-order chi connectivity index (χ0) is 16.9. The Morgan fingerprint density at radius 1 is 1.39 bits per heavy atom. The van der Waals surface area contributed by atoms with Crippen LogP contribution in [0, 0.1) is 6.92 Å². The number of alkyl halides is 3. The first-order valence-electron chi connectivity index (χ1n) is 6.68. The molecule has 0 radical (unpaired) electrons. The molecule has 2 aromatic rings. The van der Waals surface area contributed by atoms with E-state index in [2.05, 4.69) is 15.3 Å². The number of thiazole rings is 1. The quantitative estimate of drug-likeness (QED) is 0.818. The van der Waals surface area contributed by atoms with Crippen LogP contribution < -0.4 is 10.1 Å². The van der Waals surface area contributed by atoms with Crippen molar-refractivity contribution in [2.75, 3.05) is 13.2 Å². The van der Waals surface area contributed by atoms with Crippen molar-refractivity contribution in [1.82, 2.24) is 15.3 Å². The van der Waals surface area contributed by atoms with E-state index in [1.165, 1.54) is 11.3 Å². The van der Waals surface area contributed by atoms with Crippen LogP contribution in [0.25, 0.3) is 0 Å². The lowest BCUT2D eigenvalue weighted by Crippen LogP contribution is -2.29. The van der Waals surface area contributed by atoms with Crippen LogP contribution in [-0.4, -0.2) is 29.0 Å². The van der Waals surface area contributed by atoms with Crippen molar-refractivity contribution in [3.05, 3.63) is 40.0 Å². The van der Waals surface area contributed by atoms with Crippen molar-refractivity contribution in [1.29, 1.82) is 0 Å². The molecule has 23 heavy (non-hydrogen) atoms. The highest BCUT2D eigenvalue weighted by Crippen LogP contribution is 2.29. The Bertz CT molecular complexity index is 656. The predicted molar refractivity (Wildman–Crippen MR) is 78.3 cm³/mol.